The molecule has 0 aromatic heterocycles. The average Bonchev–Trinajstić information content (AvgIpc) is 2.45. The molecule has 1 aliphatic heterocycles. The normalized spacial score (nSPS) is 19.1. The zero-order valence-electron chi connectivity index (χ0n) is 11.4. The topological polar surface area (TPSA) is 57.6 Å². The molecule has 1 amide bonds. The van der Waals surface area contributed by atoms with Gasteiger partial charge in [-0.25, -0.2) is 9.18 Å². The minimum absolute atomic E-state index is 0.0749. The second-order valence-electron chi connectivity index (χ2n) is 5.01. The van der Waals surface area contributed by atoms with Gasteiger partial charge in [-0.05, 0) is 31.4 Å². The Bertz CT molecular complexity index is 600. The lowest BCUT2D eigenvalue weighted by Crippen LogP contribution is -2.48. The molecule has 0 aliphatic carbocycles. The Morgan fingerprint density at radius 2 is 1.91 bits per heavy atom. The second kappa shape index (κ2) is 5.94. The Hall–Kier alpha value is -2.12. The van der Waals surface area contributed by atoms with Crippen LogP contribution in [-0.2, 0) is 11.0 Å². The molecule has 1 atom stereocenters. The number of carbonyl (C=O) groups excluding carboxylic acids is 1. The molecule has 0 unspecified atom stereocenters. The van der Waals surface area contributed by atoms with Crippen LogP contribution in [0.3, 0.4) is 0 Å². The second-order valence-corrected chi connectivity index (χ2v) is 5.01. The van der Waals surface area contributed by atoms with Crippen molar-refractivity contribution in [2.45, 2.75) is 31.5 Å². The van der Waals surface area contributed by atoms with Crippen LogP contribution >= 0.6 is 0 Å². The number of rotatable bonds is 2. The number of likely N-dealkylation sites (tertiary alicyclic amines) is 1. The predicted molar refractivity (Wildman–Crippen MR) is 67.7 cm³/mol. The van der Waals surface area contributed by atoms with E-state index in [9.17, 15) is 27.2 Å². The van der Waals surface area contributed by atoms with Crippen molar-refractivity contribution in [3.8, 4) is 0 Å². The van der Waals surface area contributed by atoms with Gasteiger partial charge in [-0.15, -0.1) is 0 Å². The summed E-state index contributed by atoms with van der Waals surface area (Å²) in [7, 11) is 0. The quantitative estimate of drug-likeness (QED) is 0.853. The zero-order chi connectivity index (χ0) is 16.5. The molecule has 1 fully saturated rings. The Morgan fingerprint density at radius 1 is 1.23 bits per heavy atom. The van der Waals surface area contributed by atoms with Crippen LogP contribution in [-0.4, -0.2) is 34.5 Å². The first-order valence-electron chi connectivity index (χ1n) is 6.63. The van der Waals surface area contributed by atoms with Crippen molar-refractivity contribution < 1.29 is 32.3 Å². The highest BCUT2D eigenvalue weighted by atomic mass is 19.4. The molecule has 2 rings (SSSR count). The first-order chi connectivity index (χ1) is 10.2. The largest absolute Gasteiger partial charge is 0.480 e. The summed E-state index contributed by atoms with van der Waals surface area (Å²) in [6.07, 6.45) is -3.61. The molecule has 120 valence electrons. The van der Waals surface area contributed by atoms with Gasteiger partial charge >= 0.3 is 12.1 Å². The van der Waals surface area contributed by atoms with Crippen LogP contribution in [0.4, 0.5) is 17.6 Å². The van der Waals surface area contributed by atoms with Gasteiger partial charge in [-0.3, -0.25) is 4.79 Å². The van der Waals surface area contributed by atoms with Crippen LogP contribution in [0.2, 0.25) is 0 Å². The van der Waals surface area contributed by atoms with Gasteiger partial charge in [0.05, 0.1) is 11.1 Å². The number of alkyl halides is 3. The maximum Gasteiger partial charge on any atom is 0.419 e. The number of nitrogens with zero attached hydrogens (tertiary/aromatic N) is 1. The van der Waals surface area contributed by atoms with Gasteiger partial charge in [0.1, 0.15) is 11.9 Å². The Labute approximate surface area is 123 Å². The standard InChI is InChI=1S/C14H13F4NO3/c15-11-8(4-3-5-9(11)14(16,17)18)12(20)19-7-2-1-6-10(19)13(21)22/h3-5,10H,1-2,6-7H2,(H,21,22)/t10-/m1/s1. The van der Waals surface area contributed by atoms with Crippen LogP contribution in [0.25, 0.3) is 0 Å². The number of aliphatic carboxylic acids is 1. The Morgan fingerprint density at radius 3 is 2.50 bits per heavy atom. The average molecular weight is 319 g/mol. The molecule has 0 bridgehead atoms. The van der Waals surface area contributed by atoms with E-state index in [0.29, 0.717) is 18.9 Å². The van der Waals surface area contributed by atoms with Gasteiger partial charge < -0.3 is 10.0 Å². The maximum atomic E-state index is 14.0. The molecule has 1 aromatic carbocycles. The van der Waals surface area contributed by atoms with Crippen molar-refractivity contribution in [2.24, 2.45) is 0 Å². The SMILES string of the molecule is O=C(O)[C@H]1CCCCN1C(=O)c1cccc(C(F)(F)F)c1F. The monoisotopic (exact) mass is 319 g/mol. The highest BCUT2D eigenvalue weighted by Crippen LogP contribution is 2.33. The number of hydrogen-bond donors (Lipinski definition) is 1. The molecule has 22 heavy (non-hydrogen) atoms. The highest BCUT2D eigenvalue weighted by Gasteiger charge is 2.38. The summed E-state index contributed by atoms with van der Waals surface area (Å²) >= 11 is 0. The molecule has 0 saturated carbocycles. The fourth-order valence-electron chi connectivity index (χ4n) is 2.50. The van der Waals surface area contributed by atoms with Gasteiger partial charge in [0.2, 0.25) is 0 Å². The van der Waals surface area contributed by atoms with Crippen LogP contribution in [0.1, 0.15) is 35.2 Å². The van der Waals surface area contributed by atoms with Crippen LogP contribution in [0.5, 0.6) is 0 Å². The van der Waals surface area contributed by atoms with E-state index in [0.717, 1.165) is 17.0 Å². The number of carboxylic acid groups (broad SMARTS) is 1. The van der Waals surface area contributed by atoms with E-state index in [1.807, 2.05) is 0 Å². The molecule has 1 aromatic rings. The van der Waals surface area contributed by atoms with E-state index in [2.05, 4.69) is 0 Å². The van der Waals surface area contributed by atoms with Crippen molar-refractivity contribution >= 4 is 11.9 Å². The van der Waals surface area contributed by atoms with Crippen molar-refractivity contribution in [3.05, 3.63) is 35.1 Å². The molecule has 0 spiro atoms. The fraction of sp³-hybridized carbons (Fsp3) is 0.429. The highest BCUT2D eigenvalue weighted by molar-refractivity contribution is 5.97. The molecule has 1 aliphatic rings. The number of carbonyl (C=O) groups is 2. The van der Waals surface area contributed by atoms with Gasteiger partial charge in [0.15, 0.2) is 0 Å². The first kappa shape index (κ1) is 16.3. The van der Waals surface area contributed by atoms with Crippen molar-refractivity contribution in [1.29, 1.82) is 0 Å². The predicted octanol–water partition coefficient (Wildman–Crippen LogP) is 2.92. The van der Waals surface area contributed by atoms with E-state index in [1.54, 1.807) is 0 Å². The number of amides is 1. The minimum Gasteiger partial charge on any atom is -0.480 e. The summed E-state index contributed by atoms with van der Waals surface area (Å²) in [6.45, 7) is 0.0749. The summed E-state index contributed by atoms with van der Waals surface area (Å²) in [5.41, 5.74) is -2.30. The zero-order valence-corrected chi connectivity index (χ0v) is 11.4. The molecule has 1 heterocycles. The number of benzene rings is 1. The van der Waals surface area contributed by atoms with E-state index in [4.69, 9.17) is 5.11 Å². The van der Waals surface area contributed by atoms with Crippen LogP contribution in [0.15, 0.2) is 18.2 Å². The van der Waals surface area contributed by atoms with Crippen molar-refractivity contribution in [1.82, 2.24) is 4.90 Å². The maximum absolute atomic E-state index is 14.0. The molecule has 1 N–H and O–H groups in total. The van der Waals surface area contributed by atoms with E-state index in [1.165, 1.54) is 0 Å². The fourth-order valence-corrected chi connectivity index (χ4v) is 2.50. The third-order valence-electron chi connectivity index (χ3n) is 3.58. The molecular formula is C14H13F4NO3. The van der Waals surface area contributed by atoms with Gasteiger partial charge in [0.25, 0.3) is 5.91 Å². The molecule has 8 heteroatoms. The minimum atomic E-state index is -4.92. The lowest BCUT2D eigenvalue weighted by Gasteiger charge is -2.33. The summed E-state index contributed by atoms with van der Waals surface area (Å²) in [5.74, 6) is -3.95. The van der Waals surface area contributed by atoms with Crippen molar-refractivity contribution in [3.63, 3.8) is 0 Å². The van der Waals surface area contributed by atoms with Gasteiger partial charge in [-0.2, -0.15) is 13.2 Å². The van der Waals surface area contributed by atoms with E-state index >= 15 is 0 Å². The van der Waals surface area contributed by atoms with Gasteiger partial charge in [-0.1, -0.05) is 6.07 Å². The summed E-state index contributed by atoms with van der Waals surface area (Å²) < 4.78 is 52.0. The third-order valence-corrected chi connectivity index (χ3v) is 3.58. The summed E-state index contributed by atoms with van der Waals surface area (Å²) in [5, 5.41) is 9.09. The lowest BCUT2D eigenvalue weighted by atomic mass is 10.00. The number of carboxylic acids is 1. The van der Waals surface area contributed by atoms with E-state index < -0.39 is 41.0 Å². The number of halogens is 4. The van der Waals surface area contributed by atoms with Gasteiger partial charge in [0, 0.05) is 6.54 Å². The van der Waals surface area contributed by atoms with E-state index in [-0.39, 0.29) is 13.0 Å². The van der Waals surface area contributed by atoms with Crippen LogP contribution < -0.4 is 0 Å². The lowest BCUT2D eigenvalue weighted by molar-refractivity contribution is -0.143. The Balaban J connectivity index is 2.39. The molecule has 1 saturated heterocycles. The number of piperidine rings is 1. The molecule has 0 radical (unpaired) electrons. The first-order valence-corrected chi connectivity index (χ1v) is 6.63. The third kappa shape index (κ3) is 3.05. The Kier molecular flexibility index (Phi) is 4.39. The molecular weight excluding hydrogens is 306 g/mol. The van der Waals surface area contributed by atoms with Crippen molar-refractivity contribution in [2.75, 3.05) is 6.54 Å². The molecule has 4 nitrogen and oxygen atoms in total. The number of hydrogen-bond acceptors (Lipinski definition) is 2. The summed E-state index contributed by atoms with van der Waals surface area (Å²) in [4.78, 5) is 24.3. The summed E-state index contributed by atoms with van der Waals surface area (Å²) in [6, 6.07) is 1.26. The smallest absolute Gasteiger partial charge is 0.419 e. The van der Waals surface area contributed by atoms with Crippen LogP contribution in [0, 0.1) is 5.82 Å².